The Balaban J connectivity index is 3.55. The van der Waals surface area contributed by atoms with Crippen molar-refractivity contribution in [3.8, 4) is 0 Å². The van der Waals surface area contributed by atoms with E-state index in [4.69, 9.17) is 10.5 Å². The van der Waals surface area contributed by atoms with Crippen molar-refractivity contribution >= 4 is 0 Å². The highest BCUT2D eigenvalue weighted by Gasteiger charge is 2.15. The standard InChI is InChI=1S/C13H30N2O/c1-13(2,3)11-12(14)7-9-15(4)8-6-10-16-5/h12H,6-11,14H2,1-5H3. The maximum absolute atomic E-state index is 6.11. The van der Waals surface area contributed by atoms with Gasteiger partial charge in [-0.25, -0.2) is 0 Å². The van der Waals surface area contributed by atoms with E-state index in [1.807, 2.05) is 0 Å². The van der Waals surface area contributed by atoms with Crippen LogP contribution < -0.4 is 5.73 Å². The SMILES string of the molecule is COCCCN(C)CCC(N)CC(C)(C)C. The highest BCUT2D eigenvalue weighted by molar-refractivity contribution is 4.72. The van der Waals surface area contributed by atoms with Crippen LogP contribution in [0.5, 0.6) is 0 Å². The quantitative estimate of drug-likeness (QED) is 0.649. The van der Waals surface area contributed by atoms with E-state index in [0.29, 0.717) is 11.5 Å². The molecular weight excluding hydrogens is 200 g/mol. The highest BCUT2D eigenvalue weighted by atomic mass is 16.5. The molecule has 0 heterocycles. The summed E-state index contributed by atoms with van der Waals surface area (Å²) in [6.45, 7) is 9.76. The van der Waals surface area contributed by atoms with E-state index in [1.54, 1.807) is 7.11 Å². The molecule has 0 aromatic rings. The zero-order chi connectivity index (χ0) is 12.6. The Hall–Kier alpha value is -0.120. The average Bonchev–Trinajstić information content (AvgIpc) is 2.12. The Labute approximate surface area is 101 Å². The first-order chi connectivity index (χ1) is 7.35. The van der Waals surface area contributed by atoms with Crippen LogP contribution in [0.1, 0.15) is 40.0 Å². The summed E-state index contributed by atoms with van der Waals surface area (Å²) in [5, 5.41) is 0. The van der Waals surface area contributed by atoms with Crippen LogP contribution in [-0.4, -0.2) is 44.8 Å². The second-order valence-corrected chi connectivity index (χ2v) is 5.96. The number of methoxy groups -OCH3 is 1. The number of nitrogens with two attached hydrogens (primary N) is 1. The van der Waals surface area contributed by atoms with Gasteiger partial charge in [0.15, 0.2) is 0 Å². The van der Waals surface area contributed by atoms with Gasteiger partial charge in [0.2, 0.25) is 0 Å². The van der Waals surface area contributed by atoms with Crippen LogP contribution in [0.3, 0.4) is 0 Å². The molecule has 16 heavy (non-hydrogen) atoms. The van der Waals surface area contributed by atoms with E-state index in [9.17, 15) is 0 Å². The van der Waals surface area contributed by atoms with Crippen molar-refractivity contribution in [1.82, 2.24) is 4.90 Å². The number of ether oxygens (including phenoxy) is 1. The van der Waals surface area contributed by atoms with Crippen LogP contribution >= 0.6 is 0 Å². The zero-order valence-corrected chi connectivity index (χ0v) is 11.8. The summed E-state index contributed by atoms with van der Waals surface area (Å²) in [6.07, 6.45) is 3.28. The highest BCUT2D eigenvalue weighted by Crippen LogP contribution is 2.20. The molecule has 0 rings (SSSR count). The fourth-order valence-electron chi connectivity index (χ4n) is 1.87. The predicted octanol–water partition coefficient (Wildman–Crippen LogP) is 2.11. The third-order valence-electron chi connectivity index (χ3n) is 2.64. The van der Waals surface area contributed by atoms with E-state index in [0.717, 1.165) is 39.0 Å². The van der Waals surface area contributed by atoms with E-state index < -0.39 is 0 Å². The lowest BCUT2D eigenvalue weighted by Gasteiger charge is -2.25. The fourth-order valence-corrected chi connectivity index (χ4v) is 1.87. The first kappa shape index (κ1) is 15.9. The van der Waals surface area contributed by atoms with Crippen molar-refractivity contribution < 1.29 is 4.74 Å². The molecular formula is C13H30N2O. The van der Waals surface area contributed by atoms with Gasteiger partial charge in [0, 0.05) is 26.3 Å². The summed E-state index contributed by atoms with van der Waals surface area (Å²) >= 11 is 0. The molecule has 0 aromatic carbocycles. The number of rotatable bonds is 8. The van der Waals surface area contributed by atoms with Gasteiger partial charge in [-0.15, -0.1) is 0 Å². The molecule has 0 aliphatic rings. The van der Waals surface area contributed by atoms with Gasteiger partial charge in [-0.2, -0.15) is 0 Å². The Kier molecular flexibility index (Phi) is 7.98. The Morgan fingerprint density at radius 3 is 2.38 bits per heavy atom. The predicted molar refractivity (Wildman–Crippen MR) is 70.7 cm³/mol. The minimum Gasteiger partial charge on any atom is -0.385 e. The minimum atomic E-state index is 0.324. The Bertz CT molecular complexity index is 166. The first-order valence-electron chi connectivity index (χ1n) is 6.28. The second-order valence-electron chi connectivity index (χ2n) is 5.96. The molecule has 0 aliphatic heterocycles. The lowest BCUT2D eigenvalue weighted by Crippen LogP contribution is -2.31. The molecule has 2 N–H and O–H groups in total. The Morgan fingerprint density at radius 1 is 1.25 bits per heavy atom. The summed E-state index contributed by atoms with van der Waals surface area (Å²) in [6, 6.07) is 0.324. The van der Waals surface area contributed by atoms with Crippen molar-refractivity contribution in [2.75, 3.05) is 33.9 Å². The summed E-state index contributed by atoms with van der Waals surface area (Å²) < 4.78 is 5.03. The Morgan fingerprint density at radius 2 is 1.88 bits per heavy atom. The van der Waals surface area contributed by atoms with Crippen LogP contribution in [-0.2, 0) is 4.74 Å². The van der Waals surface area contributed by atoms with Gasteiger partial charge >= 0.3 is 0 Å². The average molecular weight is 230 g/mol. The van der Waals surface area contributed by atoms with E-state index in [1.165, 1.54) is 0 Å². The molecule has 0 aliphatic carbocycles. The molecule has 0 bridgehead atoms. The van der Waals surface area contributed by atoms with Gasteiger partial charge < -0.3 is 15.4 Å². The number of hydrogen-bond acceptors (Lipinski definition) is 3. The van der Waals surface area contributed by atoms with Crippen molar-refractivity contribution in [2.24, 2.45) is 11.1 Å². The summed E-state index contributed by atoms with van der Waals surface area (Å²) in [5.74, 6) is 0. The zero-order valence-electron chi connectivity index (χ0n) is 11.8. The topological polar surface area (TPSA) is 38.5 Å². The molecule has 1 atom stereocenters. The first-order valence-corrected chi connectivity index (χ1v) is 6.28. The van der Waals surface area contributed by atoms with Crippen LogP contribution in [0.2, 0.25) is 0 Å². The van der Waals surface area contributed by atoms with E-state index in [2.05, 4.69) is 32.7 Å². The molecule has 1 unspecified atom stereocenters. The third-order valence-corrected chi connectivity index (χ3v) is 2.64. The largest absolute Gasteiger partial charge is 0.385 e. The molecule has 0 fully saturated rings. The van der Waals surface area contributed by atoms with Crippen LogP contribution in [0, 0.1) is 5.41 Å². The molecule has 0 saturated carbocycles. The molecule has 0 radical (unpaired) electrons. The van der Waals surface area contributed by atoms with Crippen molar-refractivity contribution in [2.45, 2.75) is 46.1 Å². The second kappa shape index (κ2) is 8.04. The molecule has 98 valence electrons. The molecule has 0 spiro atoms. The normalized spacial score (nSPS) is 14.4. The van der Waals surface area contributed by atoms with Crippen LogP contribution in [0.25, 0.3) is 0 Å². The smallest absolute Gasteiger partial charge is 0.0474 e. The fraction of sp³-hybridized carbons (Fsp3) is 1.00. The monoisotopic (exact) mass is 230 g/mol. The number of nitrogens with zero attached hydrogens (tertiary/aromatic N) is 1. The molecule has 3 heteroatoms. The third kappa shape index (κ3) is 10.4. The molecule has 0 saturated heterocycles. The molecule has 0 amide bonds. The van der Waals surface area contributed by atoms with Gasteiger partial charge in [0.25, 0.3) is 0 Å². The minimum absolute atomic E-state index is 0.324. The van der Waals surface area contributed by atoms with Crippen molar-refractivity contribution in [1.29, 1.82) is 0 Å². The summed E-state index contributed by atoms with van der Waals surface area (Å²) in [7, 11) is 3.90. The van der Waals surface area contributed by atoms with E-state index >= 15 is 0 Å². The summed E-state index contributed by atoms with van der Waals surface area (Å²) in [4.78, 5) is 2.33. The number of hydrogen-bond donors (Lipinski definition) is 1. The van der Waals surface area contributed by atoms with Gasteiger partial charge in [-0.05, 0) is 38.3 Å². The van der Waals surface area contributed by atoms with Crippen LogP contribution in [0.15, 0.2) is 0 Å². The lowest BCUT2D eigenvalue weighted by molar-refractivity contribution is 0.177. The maximum atomic E-state index is 6.11. The molecule has 3 nitrogen and oxygen atoms in total. The van der Waals surface area contributed by atoms with Crippen molar-refractivity contribution in [3.05, 3.63) is 0 Å². The van der Waals surface area contributed by atoms with Gasteiger partial charge in [0.05, 0.1) is 0 Å². The molecule has 0 aromatic heterocycles. The van der Waals surface area contributed by atoms with Crippen molar-refractivity contribution in [3.63, 3.8) is 0 Å². The van der Waals surface area contributed by atoms with Gasteiger partial charge in [-0.3, -0.25) is 0 Å². The van der Waals surface area contributed by atoms with Gasteiger partial charge in [-0.1, -0.05) is 20.8 Å². The maximum Gasteiger partial charge on any atom is 0.0474 e. The summed E-state index contributed by atoms with van der Waals surface area (Å²) in [5.41, 5.74) is 6.45. The lowest BCUT2D eigenvalue weighted by atomic mass is 9.87. The van der Waals surface area contributed by atoms with Gasteiger partial charge in [0.1, 0.15) is 0 Å². The van der Waals surface area contributed by atoms with Crippen LogP contribution in [0.4, 0.5) is 0 Å². The van der Waals surface area contributed by atoms with E-state index in [-0.39, 0.29) is 0 Å².